The van der Waals surface area contributed by atoms with Gasteiger partial charge in [-0.3, -0.25) is 0 Å². The molecule has 0 radical (unpaired) electrons. The maximum Gasteiger partial charge on any atom is 0.0662 e. The van der Waals surface area contributed by atoms with E-state index in [9.17, 15) is 0 Å². The minimum atomic E-state index is 0. The topological polar surface area (TPSA) is 21.3 Å². The molecule has 1 fully saturated rings. The number of rotatable bonds is 1. The molecule has 1 aromatic rings. The van der Waals surface area contributed by atoms with Crippen molar-refractivity contribution in [3.63, 3.8) is 0 Å². The summed E-state index contributed by atoms with van der Waals surface area (Å²) in [6.07, 6.45) is 0. The molecule has 1 aliphatic rings. The molecular weight excluding hydrogens is 256 g/mol. The zero-order valence-corrected chi connectivity index (χ0v) is 10.3. The maximum absolute atomic E-state index is 5.92. The first-order valence-corrected chi connectivity index (χ1v) is 5.28. The van der Waals surface area contributed by atoms with Crippen molar-refractivity contribution in [3.8, 4) is 0 Å². The van der Waals surface area contributed by atoms with Gasteiger partial charge in [0.25, 0.3) is 0 Å². The van der Waals surface area contributed by atoms with Gasteiger partial charge in [0.05, 0.1) is 19.3 Å². The number of nitrogens with one attached hydrogen (secondary N) is 1. The summed E-state index contributed by atoms with van der Waals surface area (Å²) in [5.74, 6) is 0. The van der Waals surface area contributed by atoms with Gasteiger partial charge in [0.1, 0.15) is 0 Å². The van der Waals surface area contributed by atoms with Gasteiger partial charge in [0, 0.05) is 16.6 Å². The third-order valence-electron chi connectivity index (χ3n) is 2.21. The van der Waals surface area contributed by atoms with Gasteiger partial charge >= 0.3 is 0 Å². The van der Waals surface area contributed by atoms with E-state index in [1.54, 1.807) is 6.07 Å². The Morgan fingerprint density at radius 3 is 2.40 bits per heavy atom. The highest BCUT2D eigenvalue weighted by Crippen LogP contribution is 2.24. The molecule has 0 unspecified atom stereocenters. The van der Waals surface area contributed by atoms with Gasteiger partial charge in [0.15, 0.2) is 0 Å². The van der Waals surface area contributed by atoms with Gasteiger partial charge < -0.3 is 10.1 Å². The SMILES string of the molecule is Cl.Clc1cc(Cl)cc([C@@H]2COCCN2)c1. The van der Waals surface area contributed by atoms with E-state index in [2.05, 4.69) is 5.32 Å². The molecule has 1 heterocycles. The van der Waals surface area contributed by atoms with Crippen LogP contribution >= 0.6 is 35.6 Å². The van der Waals surface area contributed by atoms with E-state index >= 15 is 0 Å². The van der Waals surface area contributed by atoms with Gasteiger partial charge in [0.2, 0.25) is 0 Å². The molecule has 1 atom stereocenters. The van der Waals surface area contributed by atoms with Crippen LogP contribution in [0.25, 0.3) is 0 Å². The molecule has 5 heteroatoms. The predicted octanol–water partition coefficient (Wildman–Crippen LogP) is 3.08. The highest BCUT2D eigenvalue weighted by atomic mass is 35.5. The molecule has 1 aromatic carbocycles. The zero-order chi connectivity index (χ0) is 9.97. The summed E-state index contributed by atoms with van der Waals surface area (Å²) in [6, 6.07) is 5.77. The quantitative estimate of drug-likeness (QED) is 0.845. The van der Waals surface area contributed by atoms with Crippen molar-refractivity contribution >= 4 is 35.6 Å². The number of benzene rings is 1. The van der Waals surface area contributed by atoms with Crippen LogP contribution in [-0.2, 0) is 4.74 Å². The molecule has 1 saturated heterocycles. The summed E-state index contributed by atoms with van der Waals surface area (Å²) >= 11 is 11.8. The average molecular weight is 269 g/mol. The fourth-order valence-corrected chi connectivity index (χ4v) is 2.10. The Labute approximate surface area is 105 Å². The fraction of sp³-hybridized carbons (Fsp3) is 0.400. The largest absolute Gasteiger partial charge is 0.378 e. The molecule has 1 N–H and O–H groups in total. The van der Waals surface area contributed by atoms with Crippen LogP contribution < -0.4 is 5.32 Å². The van der Waals surface area contributed by atoms with Gasteiger partial charge in [-0.1, -0.05) is 23.2 Å². The second-order valence-corrected chi connectivity index (χ2v) is 4.16. The third kappa shape index (κ3) is 3.51. The van der Waals surface area contributed by atoms with Crippen molar-refractivity contribution in [1.29, 1.82) is 0 Å². The number of hydrogen-bond donors (Lipinski definition) is 1. The second-order valence-electron chi connectivity index (χ2n) is 3.28. The molecule has 0 saturated carbocycles. The molecule has 0 aromatic heterocycles. The zero-order valence-electron chi connectivity index (χ0n) is 8.00. The van der Waals surface area contributed by atoms with E-state index in [0.29, 0.717) is 16.7 Å². The molecule has 0 amide bonds. The standard InChI is InChI=1S/C10H11Cl2NO.ClH/c11-8-3-7(4-9(12)5-8)10-6-14-2-1-13-10;/h3-5,10,13H,1-2,6H2;1H/t10-;/m0./s1. The fourth-order valence-electron chi connectivity index (χ4n) is 1.56. The van der Waals surface area contributed by atoms with Crippen LogP contribution in [0.4, 0.5) is 0 Å². The first-order chi connectivity index (χ1) is 6.75. The molecular formula is C10H12Cl3NO. The van der Waals surface area contributed by atoms with Crippen LogP contribution in [0.5, 0.6) is 0 Å². The van der Waals surface area contributed by atoms with Crippen LogP contribution in [-0.4, -0.2) is 19.8 Å². The second kappa shape index (κ2) is 5.92. The number of morpholine rings is 1. The minimum absolute atomic E-state index is 0. The molecule has 0 spiro atoms. The lowest BCUT2D eigenvalue weighted by Crippen LogP contribution is -2.34. The Balaban J connectivity index is 0.00000112. The van der Waals surface area contributed by atoms with Crippen LogP contribution in [0, 0.1) is 0 Å². The Kier molecular flexibility index (Phi) is 5.16. The Morgan fingerprint density at radius 1 is 1.20 bits per heavy atom. The van der Waals surface area contributed by atoms with Gasteiger partial charge in [-0.25, -0.2) is 0 Å². The lowest BCUT2D eigenvalue weighted by Gasteiger charge is -2.24. The Bertz CT molecular complexity index is 306. The lowest BCUT2D eigenvalue weighted by atomic mass is 10.1. The van der Waals surface area contributed by atoms with Gasteiger partial charge in [-0.2, -0.15) is 0 Å². The first-order valence-electron chi connectivity index (χ1n) is 4.53. The summed E-state index contributed by atoms with van der Waals surface area (Å²) in [7, 11) is 0. The van der Waals surface area contributed by atoms with Crippen LogP contribution in [0.1, 0.15) is 11.6 Å². The average Bonchev–Trinajstić information content (AvgIpc) is 2.18. The number of ether oxygens (including phenoxy) is 1. The summed E-state index contributed by atoms with van der Waals surface area (Å²) in [6.45, 7) is 2.32. The Morgan fingerprint density at radius 2 is 1.87 bits per heavy atom. The van der Waals surface area contributed by atoms with Crippen LogP contribution in [0.2, 0.25) is 10.0 Å². The normalized spacial score (nSPS) is 20.8. The highest BCUT2D eigenvalue weighted by molar-refractivity contribution is 6.34. The molecule has 0 bridgehead atoms. The van der Waals surface area contributed by atoms with E-state index < -0.39 is 0 Å². The number of halogens is 3. The monoisotopic (exact) mass is 267 g/mol. The predicted molar refractivity (Wildman–Crippen MR) is 65.3 cm³/mol. The van der Waals surface area contributed by atoms with Crippen molar-refractivity contribution in [2.24, 2.45) is 0 Å². The molecule has 1 aliphatic heterocycles. The number of hydrogen-bond acceptors (Lipinski definition) is 2. The van der Waals surface area contributed by atoms with Crippen molar-refractivity contribution < 1.29 is 4.74 Å². The minimum Gasteiger partial charge on any atom is -0.378 e. The smallest absolute Gasteiger partial charge is 0.0662 e. The van der Waals surface area contributed by atoms with E-state index in [-0.39, 0.29) is 18.4 Å². The van der Waals surface area contributed by atoms with Crippen molar-refractivity contribution in [1.82, 2.24) is 5.32 Å². The van der Waals surface area contributed by atoms with Gasteiger partial charge in [-0.15, -0.1) is 12.4 Å². The molecule has 15 heavy (non-hydrogen) atoms. The maximum atomic E-state index is 5.92. The summed E-state index contributed by atoms with van der Waals surface area (Å²) < 4.78 is 5.37. The summed E-state index contributed by atoms with van der Waals surface area (Å²) in [4.78, 5) is 0. The van der Waals surface area contributed by atoms with Gasteiger partial charge in [-0.05, 0) is 23.8 Å². The van der Waals surface area contributed by atoms with Crippen molar-refractivity contribution in [2.75, 3.05) is 19.8 Å². The van der Waals surface area contributed by atoms with E-state index in [1.807, 2.05) is 12.1 Å². The molecule has 84 valence electrons. The van der Waals surface area contributed by atoms with Crippen LogP contribution in [0.3, 0.4) is 0 Å². The lowest BCUT2D eigenvalue weighted by molar-refractivity contribution is 0.0769. The summed E-state index contributed by atoms with van der Waals surface area (Å²) in [5.41, 5.74) is 1.09. The van der Waals surface area contributed by atoms with Crippen molar-refractivity contribution in [3.05, 3.63) is 33.8 Å². The highest BCUT2D eigenvalue weighted by Gasteiger charge is 2.15. The van der Waals surface area contributed by atoms with E-state index in [4.69, 9.17) is 27.9 Å². The van der Waals surface area contributed by atoms with Crippen molar-refractivity contribution in [2.45, 2.75) is 6.04 Å². The van der Waals surface area contributed by atoms with E-state index in [0.717, 1.165) is 18.7 Å². The third-order valence-corrected chi connectivity index (χ3v) is 2.65. The molecule has 2 nitrogen and oxygen atoms in total. The molecule has 2 rings (SSSR count). The molecule has 0 aliphatic carbocycles. The van der Waals surface area contributed by atoms with Crippen LogP contribution in [0.15, 0.2) is 18.2 Å². The Hall–Kier alpha value is 0.01000. The first kappa shape index (κ1) is 13.1. The van der Waals surface area contributed by atoms with E-state index in [1.165, 1.54) is 0 Å². The summed E-state index contributed by atoms with van der Waals surface area (Å²) in [5, 5.41) is 4.68.